The van der Waals surface area contributed by atoms with Crippen molar-refractivity contribution in [3.63, 3.8) is 0 Å². The zero-order chi connectivity index (χ0) is 27.1. The van der Waals surface area contributed by atoms with Crippen molar-refractivity contribution in [2.45, 2.75) is 19.8 Å². The molecule has 4 rings (SSSR count). The van der Waals surface area contributed by atoms with Crippen LogP contribution in [0.5, 0.6) is 5.75 Å². The number of anilines is 3. The third-order valence-corrected chi connectivity index (χ3v) is 6.03. The number of aromatic nitrogens is 2. The van der Waals surface area contributed by atoms with Crippen molar-refractivity contribution in [1.82, 2.24) is 14.9 Å². The maximum absolute atomic E-state index is 13.6. The van der Waals surface area contributed by atoms with E-state index in [1.54, 1.807) is 43.1 Å². The van der Waals surface area contributed by atoms with Crippen molar-refractivity contribution in [3.05, 3.63) is 59.7 Å². The minimum Gasteiger partial charge on any atom is -0.491 e. The fraction of sp³-hybridized carbons (Fsp3) is 0.333. The molecule has 2 aromatic carbocycles. The lowest BCUT2D eigenvalue weighted by molar-refractivity contribution is -0.143. The molecule has 1 aliphatic rings. The summed E-state index contributed by atoms with van der Waals surface area (Å²) in [5.41, 5.74) is 1.62. The standard InChI is InChI=1S/C27H29ClFN5O4/c1-3-37-26(36)14-34(2)10-4-5-25(35)33-23-12-19-22(13-24(23)38-15-17-6-7-17)30-16-31-27(19)32-18-8-9-21(29)20(28)11-18/h4-5,8-9,11-13,16-17H,3,6-7,10,14-15H2,1-2H3,(H,33,35)(H,30,31,32)/b5-4+. The summed E-state index contributed by atoms with van der Waals surface area (Å²) >= 11 is 5.92. The predicted octanol–water partition coefficient (Wildman–Crippen LogP) is 4.94. The number of nitrogens with zero attached hydrogens (tertiary/aromatic N) is 3. The van der Waals surface area contributed by atoms with E-state index in [9.17, 15) is 14.0 Å². The Kier molecular flexibility index (Phi) is 9.09. The van der Waals surface area contributed by atoms with E-state index in [1.807, 2.05) is 0 Å². The van der Waals surface area contributed by atoms with E-state index in [2.05, 4.69) is 20.6 Å². The smallest absolute Gasteiger partial charge is 0.320 e. The van der Waals surface area contributed by atoms with Crippen LogP contribution in [0.4, 0.5) is 21.6 Å². The highest BCUT2D eigenvalue weighted by molar-refractivity contribution is 6.31. The topological polar surface area (TPSA) is 106 Å². The molecular formula is C27H29ClFN5O4. The summed E-state index contributed by atoms with van der Waals surface area (Å²) in [7, 11) is 1.76. The van der Waals surface area contributed by atoms with Gasteiger partial charge in [0.15, 0.2) is 0 Å². The van der Waals surface area contributed by atoms with Gasteiger partial charge in [-0.15, -0.1) is 0 Å². The summed E-state index contributed by atoms with van der Waals surface area (Å²) in [4.78, 5) is 34.8. The maximum atomic E-state index is 13.6. The molecule has 0 radical (unpaired) electrons. The summed E-state index contributed by atoms with van der Waals surface area (Å²) in [6.45, 7) is 3.13. The second-order valence-electron chi connectivity index (χ2n) is 8.99. The van der Waals surface area contributed by atoms with Crippen molar-refractivity contribution in [2.24, 2.45) is 5.92 Å². The molecule has 1 aromatic heterocycles. The number of rotatable bonds is 12. The van der Waals surface area contributed by atoms with Gasteiger partial charge in [-0.3, -0.25) is 14.5 Å². The number of hydrogen-bond donors (Lipinski definition) is 2. The molecule has 1 fully saturated rings. The number of halogens is 2. The van der Waals surface area contributed by atoms with Gasteiger partial charge in [-0.2, -0.15) is 0 Å². The van der Waals surface area contributed by atoms with E-state index in [4.69, 9.17) is 21.1 Å². The van der Waals surface area contributed by atoms with Gasteiger partial charge in [0.05, 0.1) is 36.0 Å². The summed E-state index contributed by atoms with van der Waals surface area (Å²) < 4.78 is 24.6. The summed E-state index contributed by atoms with van der Waals surface area (Å²) in [5, 5.41) is 6.62. The highest BCUT2D eigenvalue weighted by Crippen LogP contribution is 2.36. The minimum absolute atomic E-state index is 0.0169. The quantitative estimate of drug-likeness (QED) is 0.245. The van der Waals surface area contributed by atoms with E-state index < -0.39 is 5.82 Å². The molecule has 0 saturated heterocycles. The van der Waals surface area contributed by atoms with Gasteiger partial charge >= 0.3 is 5.97 Å². The van der Waals surface area contributed by atoms with E-state index >= 15 is 0 Å². The molecule has 9 nitrogen and oxygen atoms in total. The van der Waals surface area contributed by atoms with Crippen molar-refractivity contribution in [2.75, 3.05) is 44.0 Å². The van der Waals surface area contributed by atoms with Crippen molar-refractivity contribution in [1.29, 1.82) is 0 Å². The molecule has 1 aliphatic carbocycles. The number of benzene rings is 2. The molecule has 0 spiro atoms. The Morgan fingerprint density at radius 2 is 2.05 bits per heavy atom. The fourth-order valence-electron chi connectivity index (χ4n) is 3.61. The monoisotopic (exact) mass is 541 g/mol. The highest BCUT2D eigenvalue weighted by Gasteiger charge is 2.23. The molecule has 1 saturated carbocycles. The van der Waals surface area contributed by atoms with Gasteiger partial charge in [0, 0.05) is 29.8 Å². The van der Waals surface area contributed by atoms with Crippen molar-refractivity contribution >= 4 is 51.6 Å². The second kappa shape index (κ2) is 12.7. The first-order valence-electron chi connectivity index (χ1n) is 12.3. The first kappa shape index (κ1) is 27.3. The molecule has 2 N–H and O–H groups in total. The number of amides is 1. The highest BCUT2D eigenvalue weighted by atomic mass is 35.5. The van der Waals surface area contributed by atoms with Crippen LogP contribution >= 0.6 is 11.6 Å². The largest absolute Gasteiger partial charge is 0.491 e. The van der Waals surface area contributed by atoms with Gasteiger partial charge in [-0.25, -0.2) is 14.4 Å². The summed E-state index contributed by atoms with van der Waals surface area (Å²) in [6.07, 6.45) is 6.71. The average Bonchev–Trinajstić information content (AvgIpc) is 3.70. The van der Waals surface area contributed by atoms with E-state index in [1.165, 1.54) is 24.5 Å². The number of likely N-dealkylation sites (N-methyl/N-ethyl adjacent to an activating group) is 1. The number of carbonyl (C=O) groups is 2. The van der Waals surface area contributed by atoms with Gasteiger partial charge in [0.2, 0.25) is 5.91 Å². The average molecular weight is 542 g/mol. The van der Waals surface area contributed by atoms with Crippen LogP contribution in [0.2, 0.25) is 5.02 Å². The van der Waals surface area contributed by atoms with Gasteiger partial charge in [0.25, 0.3) is 0 Å². The van der Waals surface area contributed by atoms with Crippen LogP contribution in [-0.4, -0.2) is 60.1 Å². The molecule has 3 aromatic rings. The van der Waals surface area contributed by atoms with Gasteiger partial charge < -0.3 is 20.1 Å². The molecule has 38 heavy (non-hydrogen) atoms. The Labute approximate surface area is 225 Å². The van der Waals surface area contributed by atoms with E-state index in [-0.39, 0.29) is 23.4 Å². The predicted molar refractivity (Wildman–Crippen MR) is 144 cm³/mol. The van der Waals surface area contributed by atoms with Crippen LogP contribution < -0.4 is 15.4 Å². The van der Waals surface area contributed by atoms with E-state index in [0.29, 0.717) is 59.5 Å². The molecule has 0 aliphatic heterocycles. The Hall–Kier alpha value is -3.76. The van der Waals surface area contributed by atoms with Crippen LogP contribution in [0, 0.1) is 11.7 Å². The number of hydrogen-bond acceptors (Lipinski definition) is 8. The Balaban J connectivity index is 1.53. The molecule has 11 heteroatoms. The molecule has 1 amide bonds. The second-order valence-corrected chi connectivity index (χ2v) is 9.40. The lowest BCUT2D eigenvalue weighted by Crippen LogP contribution is -2.27. The number of fused-ring (bicyclic) bond motifs is 1. The SMILES string of the molecule is CCOC(=O)CN(C)C/C=C/C(=O)Nc1cc2c(Nc3ccc(F)c(Cl)c3)ncnc2cc1OCC1CC1. The van der Waals surface area contributed by atoms with Gasteiger partial charge in [-0.1, -0.05) is 17.7 Å². The molecular weight excluding hydrogens is 513 g/mol. The molecule has 1 heterocycles. The summed E-state index contributed by atoms with van der Waals surface area (Å²) in [5.74, 6) is 0.262. The Morgan fingerprint density at radius 3 is 2.79 bits per heavy atom. The number of ether oxygens (including phenoxy) is 2. The molecule has 200 valence electrons. The Morgan fingerprint density at radius 1 is 1.24 bits per heavy atom. The molecule has 0 unspecified atom stereocenters. The van der Waals surface area contributed by atoms with Crippen molar-refractivity contribution < 1.29 is 23.5 Å². The minimum atomic E-state index is -0.521. The van der Waals surface area contributed by atoms with Crippen molar-refractivity contribution in [3.8, 4) is 5.75 Å². The third-order valence-electron chi connectivity index (χ3n) is 5.74. The van der Waals surface area contributed by atoms with Gasteiger partial charge in [0.1, 0.15) is 23.7 Å². The van der Waals surface area contributed by atoms with Crippen LogP contribution in [0.25, 0.3) is 10.9 Å². The van der Waals surface area contributed by atoms with E-state index in [0.717, 1.165) is 12.8 Å². The molecule has 0 atom stereocenters. The Bertz CT molecular complexity index is 1350. The van der Waals surface area contributed by atoms with Crippen LogP contribution in [0.3, 0.4) is 0 Å². The normalized spacial score (nSPS) is 13.2. The first-order chi connectivity index (χ1) is 18.3. The van der Waals surface area contributed by atoms with Crippen LogP contribution in [-0.2, 0) is 14.3 Å². The lowest BCUT2D eigenvalue weighted by Gasteiger charge is -2.15. The fourth-order valence-corrected chi connectivity index (χ4v) is 3.79. The lowest BCUT2D eigenvalue weighted by atomic mass is 10.1. The van der Waals surface area contributed by atoms with Crippen LogP contribution in [0.1, 0.15) is 19.8 Å². The first-order valence-corrected chi connectivity index (χ1v) is 12.7. The van der Waals surface area contributed by atoms with Gasteiger partial charge in [-0.05, 0) is 57.0 Å². The zero-order valence-corrected chi connectivity index (χ0v) is 21.9. The number of nitrogens with one attached hydrogen (secondary N) is 2. The summed E-state index contributed by atoms with van der Waals surface area (Å²) in [6, 6.07) is 7.78. The number of esters is 1. The van der Waals surface area contributed by atoms with Crippen LogP contribution in [0.15, 0.2) is 48.8 Å². The third kappa shape index (κ3) is 7.62. The number of carbonyl (C=O) groups excluding carboxylic acids is 2. The molecule has 0 bridgehead atoms. The zero-order valence-electron chi connectivity index (χ0n) is 21.2. The maximum Gasteiger partial charge on any atom is 0.320 e.